The summed E-state index contributed by atoms with van der Waals surface area (Å²) in [5.74, 6) is 0. The minimum Gasteiger partial charge on any atom is -0.412 e. The Kier molecular flexibility index (Phi) is 12.2. The molecular formula is C17H24O4. The van der Waals surface area contributed by atoms with Gasteiger partial charge in [0.05, 0.1) is 26.4 Å². The summed E-state index contributed by atoms with van der Waals surface area (Å²) in [7, 11) is 0. The molecule has 0 spiro atoms. The molecule has 1 rings (SSSR count). The van der Waals surface area contributed by atoms with Crippen LogP contribution >= 0.6 is 0 Å². The SMILES string of the molecule is O.OC\C=C/C(/C=C/COCCc1ccccc1)=C\CO. The number of aliphatic hydroxyl groups is 2. The fourth-order valence-corrected chi connectivity index (χ4v) is 1.66. The van der Waals surface area contributed by atoms with Crippen LogP contribution in [0.5, 0.6) is 0 Å². The summed E-state index contributed by atoms with van der Waals surface area (Å²) in [6.45, 7) is 1.18. The number of hydrogen-bond donors (Lipinski definition) is 2. The first kappa shape index (κ1) is 19.3. The Morgan fingerprint density at radius 3 is 2.38 bits per heavy atom. The molecule has 0 radical (unpaired) electrons. The molecule has 4 N–H and O–H groups in total. The molecule has 0 aliphatic carbocycles. The van der Waals surface area contributed by atoms with Gasteiger partial charge in [0.25, 0.3) is 0 Å². The molecular weight excluding hydrogens is 268 g/mol. The second kappa shape index (κ2) is 13.3. The van der Waals surface area contributed by atoms with Crippen LogP contribution in [0.3, 0.4) is 0 Å². The van der Waals surface area contributed by atoms with Gasteiger partial charge < -0.3 is 20.4 Å². The topological polar surface area (TPSA) is 81.2 Å². The van der Waals surface area contributed by atoms with Gasteiger partial charge in [-0.2, -0.15) is 0 Å². The second-order valence-electron chi connectivity index (χ2n) is 4.18. The lowest BCUT2D eigenvalue weighted by Gasteiger charge is -2.01. The van der Waals surface area contributed by atoms with Crippen LogP contribution in [0.2, 0.25) is 0 Å². The third kappa shape index (κ3) is 9.76. The van der Waals surface area contributed by atoms with Crippen molar-refractivity contribution in [1.82, 2.24) is 0 Å². The summed E-state index contributed by atoms with van der Waals surface area (Å²) in [6, 6.07) is 10.2. The molecule has 0 aliphatic heterocycles. The average molecular weight is 292 g/mol. The number of hydrogen-bond acceptors (Lipinski definition) is 3. The van der Waals surface area contributed by atoms with Crippen molar-refractivity contribution in [2.75, 3.05) is 26.4 Å². The first-order chi connectivity index (χ1) is 9.86. The molecule has 0 amide bonds. The summed E-state index contributed by atoms with van der Waals surface area (Å²) < 4.78 is 5.52. The Labute approximate surface area is 126 Å². The predicted octanol–water partition coefficient (Wildman–Crippen LogP) is 1.44. The van der Waals surface area contributed by atoms with Crippen LogP contribution in [0.25, 0.3) is 0 Å². The normalized spacial score (nSPS) is 12.0. The largest absolute Gasteiger partial charge is 0.412 e. The fraction of sp³-hybridized carbons (Fsp3) is 0.294. The maximum atomic E-state index is 8.86. The summed E-state index contributed by atoms with van der Waals surface area (Å²) >= 11 is 0. The van der Waals surface area contributed by atoms with Gasteiger partial charge in [-0.1, -0.05) is 60.7 Å². The molecule has 0 bridgehead atoms. The van der Waals surface area contributed by atoms with Crippen LogP contribution in [-0.4, -0.2) is 42.1 Å². The van der Waals surface area contributed by atoms with Gasteiger partial charge in [0.1, 0.15) is 0 Å². The van der Waals surface area contributed by atoms with Gasteiger partial charge in [0.15, 0.2) is 0 Å². The number of ether oxygens (including phenoxy) is 1. The van der Waals surface area contributed by atoms with E-state index in [2.05, 4.69) is 12.1 Å². The van der Waals surface area contributed by atoms with Gasteiger partial charge in [-0.15, -0.1) is 0 Å². The summed E-state index contributed by atoms with van der Waals surface area (Å²) in [5, 5.41) is 17.6. The Morgan fingerprint density at radius 1 is 1.00 bits per heavy atom. The highest BCUT2D eigenvalue weighted by molar-refractivity contribution is 5.30. The molecule has 0 aliphatic rings. The summed E-state index contributed by atoms with van der Waals surface area (Å²) in [5.41, 5.74) is 2.12. The van der Waals surface area contributed by atoms with E-state index in [4.69, 9.17) is 14.9 Å². The Hall–Kier alpha value is -1.72. The average Bonchev–Trinajstić information content (AvgIpc) is 2.49. The maximum absolute atomic E-state index is 8.86. The Balaban J connectivity index is 0.00000400. The third-order valence-corrected chi connectivity index (χ3v) is 2.64. The molecule has 0 atom stereocenters. The lowest BCUT2D eigenvalue weighted by Crippen LogP contribution is -1.98. The number of aliphatic hydroxyl groups excluding tert-OH is 2. The number of rotatable bonds is 9. The fourth-order valence-electron chi connectivity index (χ4n) is 1.66. The summed E-state index contributed by atoms with van der Waals surface area (Å²) in [6.07, 6.45) is 9.73. The van der Waals surface area contributed by atoms with E-state index in [1.165, 1.54) is 5.56 Å². The highest BCUT2D eigenvalue weighted by atomic mass is 16.5. The number of benzene rings is 1. The highest BCUT2D eigenvalue weighted by Crippen LogP contribution is 2.01. The molecule has 0 saturated carbocycles. The minimum atomic E-state index is -0.0235. The van der Waals surface area contributed by atoms with E-state index in [1.807, 2.05) is 30.4 Å². The van der Waals surface area contributed by atoms with Gasteiger partial charge in [0, 0.05) is 0 Å². The van der Waals surface area contributed by atoms with Crippen molar-refractivity contribution in [3.05, 3.63) is 71.8 Å². The van der Waals surface area contributed by atoms with E-state index in [9.17, 15) is 0 Å². The lowest BCUT2D eigenvalue weighted by molar-refractivity contribution is 0.166. The van der Waals surface area contributed by atoms with E-state index in [-0.39, 0.29) is 18.7 Å². The van der Waals surface area contributed by atoms with Crippen LogP contribution < -0.4 is 0 Å². The molecule has 1 aromatic rings. The van der Waals surface area contributed by atoms with Gasteiger partial charge in [0.2, 0.25) is 0 Å². The van der Waals surface area contributed by atoms with Crippen LogP contribution in [0.4, 0.5) is 0 Å². The van der Waals surface area contributed by atoms with E-state index in [0.29, 0.717) is 13.2 Å². The van der Waals surface area contributed by atoms with Crippen molar-refractivity contribution >= 4 is 0 Å². The zero-order chi connectivity index (χ0) is 14.5. The van der Waals surface area contributed by atoms with Crippen molar-refractivity contribution < 1.29 is 20.4 Å². The molecule has 0 fully saturated rings. The van der Waals surface area contributed by atoms with Crippen molar-refractivity contribution in [2.45, 2.75) is 6.42 Å². The summed E-state index contributed by atoms with van der Waals surface area (Å²) in [4.78, 5) is 0. The molecule has 4 nitrogen and oxygen atoms in total. The molecule has 0 unspecified atom stereocenters. The molecule has 0 aromatic heterocycles. The first-order valence-corrected chi connectivity index (χ1v) is 6.73. The van der Waals surface area contributed by atoms with Crippen molar-refractivity contribution in [2.24, 2.45) is 0 Å². The molecule has 116 valence electrons. The van der Waals surface area contributed by atoms with Gasteiger partial charge >= 0.3 is 0 Å². The molecule has 0 heterocycles. The smallest absolute Gasteiger partial charge is 0.0650 e. The zero-order valence-electron chi connectivity index (χ0n) is 12.1. The molecule has 21 heavy (non-hydrogen) atoms. The van der Waals surface area contributed by atoms with E-state index in [0.717, 1.165) is 12.0 Å². The van der Waals surface area contributed by atoms with E-state index < -0.39 is 0 Å². The van der Waals surface area contributed by atoms with Crippen LogP contribution in [-0.2, 0) is 11.2 Å². The second-order valence-corrected chi connectivity index (χ2v) is 4.18. The number of allylic oxidation sites excluding steroid dienone is 3. The van der Waals surface area contributed by atoms with Crippen LogP contribution in [0.15, 0.2) is 66.3 Å². The van der Waals surface area contributed by atoms with Gasteiger partial charge in [-0.3, -0.25) is 0 Å². The quantitative estimate of drug-likeness (QED) is 0.534. The molecule has 1 aromatic carbocycles. The first-order valence-electron chi connectivity index (χ1n) is 6.73. The van der Waals surface area contributed by atoms with E-state index in [1.54, 1.807) is 18.2 Å². The van der Waals surface area contributed by atoms with Crippen molar-refractivity contribution in [3.8, 4) is 0 Å². The van der Waals surface area contributed by atoms with Crippen LogP contribution in [0.1, 0.15) is 5.56 Å². The Bertz CT molecular complexity index is 435. The maximum Gasteiger partial charge on any atom is 0.0650 e. The van der Waals surface area contributed by atoms with E-state index >= 15 is 0 Å². The van der Waals surface area contributed by atoms with Crippen molar-refractivity contribution in [3.63, 3.8) is 0 Å². The lowest BCUT2D eigenvalue weighted by atomic mass is 10.2. The van der Waals surface area contributed by atoms with Gasteiger partial charge in [-0.25, -0.2) is 0 Å². The monoisotopic (exact) mass is 292 g/mol. The minimum absolute atomic E-state index is 0. The standard InChI is InChI=1S/C17H22O3.H2O/c18-12-4-8-16(10-13-19)9-5-14-20-15-11-17-6-2-1-3-7-17;/h1-10,18-19H,11-15H2;1H2/b8-4-,9-5+,16-10+;. The highest BCUT2D eigenvalue weighted by Gasteiger charge is 1.91. The predicted molar refractivity (Wildman–Crippen MR) is 85.1 cm³/mol. The Morgan fingerprint density at radius 2 is 1.71 bits per heavy atom. The molecule has 0 saturated heterocycles. The third-order valence-electron chi connectivity index (χ3n) is 2.64. The van der Waals surface area contributed by atoms with Gasteiger partial charge in [-0.05, 0) is 17.6 Å². The van der Waals surface area contributed by atoms with Crippen molar-refractivity contribution in [1.29, 1.82) is 0 Å². The van der Waals surface area contributed by atoms with Crippen LogP contribution in [0, 0.1) is 0 Å². The molecule has 4 heteroatoms. The zero-order valence-corrected chi connectivity index (χ0v) is 12.1.